The van der Waals surface area contributed by atoms with Crippen LogP contribution in [-0.4, -0.2) is 38.1 Å². The summed E-state index contributed by atoms with van der Waals surface area (Å²) in [5.41, 5.74) is 0.864. The number of halogens is 3. The molecule has 2 aromatic carbocycles. The number of carbonyl (C=O) groups is 1. The molecule has 1 saturated heterocycles. The highest BCUT2D eigenvalue weighted by atomic mass is 35.5. The molecule has 1 atom stereocenters. The Morgan fingerprint density at radius 1 is 1.19 bits per heavy atom. The zero-order valence-corrected chi connectivity index (χ0v) is 15.2. The highest BCUT2D eigenvalue weighted by Gasteiger charge is 2.30. The maximum Gasteiger partial charge on any atom is 0.282 e. The molecule has 0 unspecified atom stereocenters. The van der Waals surface area contributed by atoms with Crippen LogP contribution < -0.4 is 15.1 Å². The Hall–Kier alpha value is -2.18. The normalized spacial score (nSPS) is 16.4. The molecule has 26 heavy (non-hydrogen) atoms. The maximum absolute atomic E-state index is 13.7. The summed E-state index contributed by atoms with van der Waals surface area (Å²) in [7, 11) is 0. The van der Waals surface area contributed by atoms with Crippen molar-refractivity contribution in [2.24, 2.45) is 0 Å². The quantitative estimate of drug-likeness (QED) is 0.854. The van der Waals surface area contributed by atoms with Gasteiger partial charge in [-0.3, -0.25) is 4.79 Å². The zero-order chi connectivity index (χ0) is 18.7. The molecule has 0 radical (unpaired) electrons. The van der Waals surface area contributed by atoms with Gasteiger partial charge in [0.1, 0.15) is 11.6 Å². The van der Waals surface area contributed by atoms with Gasteiger partial charge in [0.25, 0.3) is 5.91 Å². The molecular formula is C19H21ClF2N3O+. The first-order valence-electron chi connectivity index (χ1n) is 8.55. The second-order valence-electron chi connectivity index (χ2n) is 6.43. The van der Waals surface area contributed by atoms with Crippen LogP contribution in [0.4, 0.5) is 20.2 Å². The smallest absolute Gasteiger partial charge is 0.282 e. The summed E-state index contributed by atoms with van der Waals surface area (Å²) in [5.74, 6) is -1.56. The molecule has 1 amide bonds. The second kappa shape index (κ2) is 8.01. The van der Waals surface area contributed by atoms with Crippen LogP contribution in [0.5, 0.6) is 0 Å². The van der Waals surface area contributed by atoms with Crippen molar-refractivity contribution in [1.29, 1.82) is 0 Å². The number of quaternary nitrogens is 1. The Balaban J connectivity index is 1.59. The standard InChI is InChI=1S/C19H20ClF2N3O/c1-13(19(26)23-17-12-14(21)6-7-16(17)22)24-8-10-25(11-9-24)18-5-3-2-4-15(18)20/h2-7,12-13H,8-11H2,1H3,(H,23,26)/p+1/t13-/m1/s1. The van der Waals surface area contributed by atoms with Gasteiger partial charge < -0.3 is 15.1 Å². The lowest BCUT2D eigenvalue weighted by Crippen LogP contribution is -3.19. The number of piperazine rings is 1. The third kappa shape index (κ3) is 4.14. The molecule has 1 heterocycles. The highest BCUT2D eigenvalue weighted by Crippen LogP contribution is 2.24. The van der Waals surface area contributed by atoms with E-state index in [0.29, 0.717) is 5.02 Å². The van der Waals surface area contributed by atoms with E-state index >= 15 is 0 Å². The number of hydrogen-bond acceptors (Lipinski definition) is 2. The first kappa shape index (κ1) is 18.6. The zero-order valence-electron chi connectivity index (χ0n) is 14.4. The molecule has 0 bridgehead atoms. The van der Waals surface area contributed by atoms with E-state index in [-0.39, 0.29) is 17.6 Å². The molecule has 2 N–H and O–H groups in total. The molecule has 3 rings (SSSR count). The predicted octanol–water partition coefficient (Wildman–Crippen LogP) is 2.35. The minimum absolute atomic E-state index is 0.129. The molecule has 0 aromatic heterocycles. The van der Waals surface area contributed by atoms with Crippen molar-refractivity contribution in [3.63, 3.8) is 0 Å². The predicted molar refractivity (Wildman–Crippen MR) is 98.8 cm³/mol. The van der Waals surface area contributed by atoms with E-state index in [1.54, 1.807) is 6.92 Å². The van der Waals surface area contributed by atoms with Crippen molar-refractivity contribution in [1.82, 2.24) is 0 Å². The van der Waals surface area contributed by atoms with E-state index in [1.807, 2.05) is 24.3 Å². The van der Waals surface area contributed by atoms with E-state index < -0.39 is 11.6 Å². The number of anilines is 2. The number of hydrogen-bond donors (Lipinski definition) is 2. The van der Waals surface area contributed by atoms with Crippen LogP contribution >= 0.6 is 11.6 Å². The Labute approximate surface area is 156 Å². The topological polar surface area (TPSA) is 36.8 Å². The van der Waals surface area contributed by atoms with E-state index in [1.165, 1.54) is 0 Å². The molecular weight excluding hydrogens is 360 g/mol. The summed E-state index contributed by atoms with van der Waals surface area (Å²) in [5, 5.41) is 3.20. The van der Waals surface area contributed by atoms with Gasteiger partial charge in [0.05, 0.1) is 42.6 Å². The van der Waals surface area contributed by atoms with Gasteiger partial charge in [0, 0.05) is 6.07 Å². The molecule has 138 valence electrons. The molecule has 0 aliphatic carbocycles. The Morgan fingerprint density at radius 2 is 1.88 bits per heavy atom. The van der Waals surface area contributed by atoms with Gasteiger partial charge in [-0.05, 0) is 31.2 Å². The summed E-state index contributed by atoms with van der Waals surface area (Å²) < 4.78 is 27.0. The SMILES string of the molecule is C[C@H](C(=O)Nc1cc(F)ccc1F)[NH+]1CCN(c2ccccc2Cl)CC1. The maximum atomic E-state index is 13.7. The van der Waals surface area contributed by atoms with E-state index in [0.717, 1.165) is 55.0 Å². The van der Waals surface area contributed by atoms with Crippen LogP contribution in [0, 0.1) is 11.6 Å². The number of benzene rings is 2. The average Bonchev–Trinajstić information content (AvgIpc) is 2.64. The molecule has 4 nitrogen and oxygen atoms in total. The van der Waals surface area contributed by atoms with Crippen LogP contribution in [-0.2, 0) is 4.79 Å². The van der Waals surface area contributed by atoms with Gasteiger partial charge in [0.2, 0.25) is 0 Å². The lowest BCUT2D eigenvalue weighted by atomic mass is 10.2. The second-order valence-corrected chi connectivity index (χ2v) is 6.84. The molecule has 7 heteroatoms. The highest BCUT2D eigenvalue weighted by molar-refractivity contribution is 6.33. The minimum Gasteiger partial charge on any atom is -0.359 e. The summed E-state index contributed by atoms with van der Waals surface area (Å²) in [6, 6.07) is 10.3. The minimum atomic E-state index is -0.648. The Bertz CT molecular complexity index is 794. The molecule has 1 aliphatic heterocycles. The van der Waals surface area contributed by atoms with Gasteiger partial charge in [-0.2, -0.15) is 0 Å². The van der Waals surface area contributed by atoms with Crippen LogP contribution in [0.15, 0.2) is 42.5 Å². The van der Waals surface area contributed by atoms with E-state index in [2.05, 4.69) is 10.2 Å². The van der Waals surface area contributed by atoms with Crippen LogP contribution in [0.25, 0.3) is 0 Å². The fourth-order valence-corrected chi connectivity index (χ4v) is 3.45. The molecule has 0 spiro atoms. The van der Waals surface area contributed by atoms with Crippen molar-refractivity contribution in [2.45, 2.75) is 13.0 Å². The largest absolute Gasteiger partial charge is 0.359 e. The number of amides is 1. The molecule has 0 saturated carbocycles. The lowest BCUT2D eigenvalue weighted by Gasteiger charge is -2.36. The van der Waals surface area contributed by atoms with E-state index in [9.17, 15) is 13.6 Å². The molecule has 1 fully saturated rings. The van der Waals surface area contributed by atoms with Gasteiger partial charge in [0.15, 0.2) is 6.04 Å². The Morgan fingerprint density at radius 3 is 2.58 bits per heavy atom. The summed E-state index contributed by atoms with van der Waals surface area (Å²) in [6.45, 7) is 4.85. The fourth-order valence-electron chi connectivity index (χ4n) is 3.20. The summed E-state index contributed by atoms with van der Waals surface area (Å²) in [6.07, 6.45) is 0. The van der Waals surface area contributed by atoms with Crippen LogP contribution in [0.2, 0.25) is 5.02 Å². The van der Waals surface area contributed by atoms with Crippen molar-refractivity contribution in [3.05, 3.63) is 59.1 Å². The van der Waals surface area contributed by atoms with Crippen molar-refractivity contribution < 1.29 is 18.5 Å². The van der Waals surface area contributed by atoms with Gasteiger partial charge in [-0.25, -0.2) is 8.78 Å². The van der Waals surface area contributed by atoms with Gasteiger partial charge in [-0.15, -0.1) is 0 Å². The number of nitrogens with one attached hydrogen (secondary N) is 2. The third-order valence-corrected chi connectivity index (χ3v) is 5.11. The third-order valence-electron chi connectivity index (χ3n) is 4.79. The van der Waals surface area contributed by atoms with Crippen LogP contribution in [0.3, 0.4) is 0 Å². The summed E-state index contributed by atoms with van der Waals surface area (Å²) >= 11 is 6.25. The first-order valence-corrected chi connectivity index (χ1v) is 8.93. The number of para-hydroxylation sites is 1. The average molecular weight is 381 g/mol. The number of carbonyl (C=O) groups excluding carboxylic acids is 1. The summed E-state index contributed by atoms with van der Waals surface area (Å²) in [4.78, 5) is 15.7. The van der Waals surface area contributed by atoms with Gasteiger partial charge >= 0.3 is 0 Å². The monoisotopic (exact) mass is 380 g/mol. The fraction of sp³-hybridized carbons (Fsp3) is 0.316. The van der Waals surface area contributed by atoms with Crippen molar-refractivity contribution in [2.75, 3.05) is 36.4 Å². The van der Waals surface area contributed by atoms with Gasteiger partial charge in [-0.1, -0.05) is 23.7 Å². The first-order chi connectivity index (χ1) is 12.5. The van der Waals surface area contributed by atoms with Crippen LogP contribution in [0.1, 0.15) is 6.92 Å². The molecule has 1 aliphatic rings. The lowest BCUT2D eigenvalue weighted by molar-refractivity contribution is -0.914. The van der Waals surface area contributed by atoms with E-state index in [4.69, 9.17) is 11.6 Å². The molecule has 2 aromatic rings. The number of rotatable bonds is 4. The van der Waals surface area contributed by atoms with Crippen molar-refractivity contribution >= 4 is 28.9 Å². The number of nitrogens with zero attached hydrogens (tertiary/aromatic N) is 1. The van der Waals surface area contributed by atoms with Crippen molar-refractivity contribution in [3.8, 4) is 0 Å². The Kier molecular flexibility index (Phi) is 5.74.